The van der Waals surface area contributed by atoms with Crippen LogP contribution in [0.3, 0.4) is 0 Å². The van der Waals surface area contributed by atoms with Gasteiger partial charge >= 0.3 is 0 Å². The number of hydrogen-bond donors (Lipinski definition) is 3. The van der Waals surface area contributed by atoms with Crippen LogP contribution >= 0.6 is 0 Å². The first-order valence-corrected chi connectivity index (χ1v) is 9.70. The molecule has 1 saturated heterocycles. The quantitative estimate of drug-likeness (QED) is 0.655. The Kier molecular flexibility index (Phi) is 6.67. The molecule has 140 valence electrons. The van der Waals surface area contributed by atoms with Crippen LogP contribution in [-0.4, -0.2) is 50.5 Å². The van der Waals surface area contributed by atoms with E-state index in [0.717, 1.165) is 56.1 Å². The molecule has 1 atom stereocenters. The molecule has 26 heavy (non-hydrogen) atoms. The van der Waals surface area contributed by atoms with Crippen molar-refractivity contribution in [2.24, 2.45) is 0 Å². The van der Waals surface area contributed by atoms with Gasteiger partial charge in [0.05, 0.1) is 0 Å². The van der Waals surface area contributed by atoms with Crippen LogP contribution < -0.4 is 14.5 Å². The standard InChI is InChI=1S/C22H30N2O2/c1-18-7-6-8-19(2)22(18)26-17-21(25)16-24-13-11-23(12-14-24)15-20-9-4-3-5-10-20/h3-10,21,25H,11-17H2,1-2H3/p+2. The summed E-state index contributed by atoms with van der Waals surface area (Å²) < 4.78 is 5.90. The van der Waals surface area contributed by atoms with E-state index < -0.39 is 6.10 Å². The van der Waals surface area contributed by atoms with Crippen molar-refractivity contribution in [1.29, 1.82) is 0 Å². The van der Waals surface area contributed by atoms with E-state index in [1.165, 1.54) is 10.5 Å². The SMILES string of the molecule is Cc1cccc(C)c1OCC(O)C[NH+]1CC[NH+](Cc2ccccc2)CC1. The molecule has 1 heterocycles. The number of rotatable bonds is 7. The third kappa shape index (κ3) is 5.31. The molecule has 1 unspecified atom stereocenters. The number of aryl methyl sites for hydroxylation is 2. The second-order valence-corrected chi connectivity index (χ2v) is 7.55. The number of benzene rings is 2. The van der Waals surface area contributed by atoms with Gasteiger partial charge < -0.3 is 19.6 Å². The highest BCUT2D eigenvalue weighted by Gasteiger charge is 2.25. The maximum absolute atomic E-state index is 10.4. The molecule has 1 aliphatic heterocycles. The van der Waals surface area contributed by atoms with Crippen LogP contribution in [0.2, 0.25) is 0 Å². The number of hydrogen-bond acceptors (Lipinski definition) is 2. The molecule has 0 aliphatic carbocycles. The first kappa shape index (κ1) is 18.9. The Balaban J connectivity index is 1.40. The molecular formula is C22H32N2O2+2. The van der Waals surface area contributed by atoms with Crippen LogP contribution in [0.4, 0.5) is 0 Å². The summed E-state index contributed by atoms with van der Waals surface area (Å²) in [5, 5.41) is 10.4. The maximum atomic E-state index is 10.4. The molecule has 1 aliphatic rings. The molecule has 0 bridgehead atoms. The van der Waals surface area contributed by atoms with E-state index in [9.17, 15) is 5.11 Å². The van der Waals surface area contributed by atoms with E-state index >= 15 is 0 Å². The van der Waals surface area contributed by atoms with E-state index in [2.05, 4.69) is 56.3 Å². The molecule has 0 saturated carbocycles. The number of nitrogens with one attached hydrogen (secondary N) is 2. The molecule has 2 aromatic rings. The van der Waals surface area contributed by atoms with Crippen molar-refractivity contribution < 1.29 is 19.6 Å². The maximum Gasteiger partial charge on any atom is 0.137 e. The zero-order chi connectivity index (χ0) is 18.4. The Labute approximate surface area is 157 Å². The fraction of sp³-hybridized carbons (Fsp3) is 0.455. The minimum Gasteiger partial charge on any atom is -0.490 e. The Hall–Kier alpha value is -1.88. The molecular weight excluding hydrogens is 324 g/mol. The van der Waals surface area contributed by atoms with Gasteiger partial charge in [0, 0.05) is 5.56 Å². The van der Waals surface area contributed by atoms with Gasteiger partial charge in [-0.3, -0.25) is 0 Å². The molecule has 4 heteroatoms. The minimum atomic E-state index is -0.417. The number of quaternary nitrogens is 2. The summed E-state index contributed by atoms with van der Waals surface area (Å²) in [5.74, 6) is 0.915. The fourth-order valence-electron chi connectivity index (χ4n) is 3.82. The van der Waals surface area contributed by atoms with Gasteiger partial charge in [-0.25, -0.2) is 0 Å². The highest BCUT2D eigenvalue weighted by Crippen LogP contribution is 2.22. The van der Waals surface area contributed by atoms with Gasteiger partial charge in [0.2, 0.25) is 0 Å². The van der Waals surface area contributed by atoms with Gasteiger partial charge in [-0.05, 0) is 25.0 Å². The van der Waals surface area contributed by atoms with Crippen molar-refractivity contribution in [1.82, 2.24) is 0 Å². The lowest BCUT2D eigenvalue weighted by Gasteiger charge is -2.30. The molecule has 0 aromatic heterocycles. The fourth-order valence-corrected chi connectivity index (χ4v) is 3.82. The zero-order valence-corrected chi connectivity index (χ0v) is 16.0. The van der Waals surface area contributed by atoms with Gasteiger partial charge in [0.1, 0.15) is 57.7 Å². The highest BCUT2D eigenvalue weighted by atomic mass is 16.5. The van der Waals surface area contributed by atoms with Crippen LogP contribution in [-0.2, 0) is 6.54 Å². The second kappa shape index (κ2) is 9.17. The number of aliphatic hydroxyl groups is 1. The van der Waals surface area contributed by atoms with Gasteiger partial charge in [-0.15, -0.1) is 0 Å². The normalized spacial score (nSPS) is 21.3. The van der Waals surface area contributed by atoms with Gasteiger partial charge in [-0.2, -0.15) is 0 Å². The average molecular weight is 357 g/mol. The van der Waals surface area contributed by atoms with E-state index in [4.69, 9.17) is 4.74 Å². The summed E-state index contributed by atoms with van der Waals surface area (Å²) in [6.07, 6.45) is -0.417. The van der Waals surface area contributed by atoms with Crippen molar-refractivity contribution in [2.45, 2.75) is 26.5 Å². The van der Waals surface area contributed by atoms with E-state index in [1.807, 2.05) is 6.07 Å². The summed E-state index contributed by atoms with van der Waals surface area (Å²) in [5.41, 5.74) is 3.67. The first-order chi connectivity index (χ1) is 12.6. The smallest absolute Gasteiger partial charge is 0.137 e. The van der Waals surface area contributed by atoms with Crippen LogP contribution in [0.25, 0.3) is 0 Å². The van der Waals surface area contributed by atoms with Crippen molar-refractivity contribution in [3.05, 3.63) is 65.2 Å². The Morgan fingerprint density at radius 2 is 1.50 bits per heavy atom. The molecule has 0 radical (unpaired) electrons. The van der Waals surface area contributed by atoms with E-state index in [0.29, 0.717) is 6.61 Å². The van der Waals surface area contributed by atoms with Gasteiger partial charge in [0.25, 0.3) is 0 Å². The second-order valence-electron chi connectivity index (χ2n) is 7.55. The van der Waals surface area contributed by atoms with Crippen LogP contribution in [0.15, 0.2) is 48.5 Å². The third-order valence-electron chi connectivity index (χ3n) is 5.31. The highest BCUT2D eigenvalue weighted by molar-refractivity contribution is 5.39. The molecule has 4 nitrogen and oxygen atoms in total. The number of ether oxygens (including phenoxy) is 1. The van der Waals surface area contributed by atoms with Crippen molar-refractivity contribution >= 4 is 0 Å². The van der Waals surface area contributed by atoms with Crippen molar-refractivity contribution in [3.8, 4) is 5.75 Å². The minimum absolute atomic E-state index is 0.371. The lowest BCUT2D eigenvalue weighted by molar-refractivity contribution is -1.02. The summed E-state index contributed by atoms with van der Waals surface area (Å²) in [4.78, 5) is 3.13. The van der Waals surface area contributed by atoms with E-state index in [1.54, 1.807) is 4.90 Å². The third-order valence-corrected chi connectivity index (χ3v) is 5.31. The van der Waals surface area contributed by atoms with Gasteiger partial charge in [0.15, 0.2) is 0 Å². The predicted molar refractivity (Wildman–Crippen MR) is 104 cm³/mol. The Morgan fingerprint density at radius 1 is 0.885 bits per heavy atom. The number of para-hydroxylation sites is 1. The average Bonchev–Trinajstić information content (AvgIpc) is 2.64. The Bertz CT molecular complexity index is 662. The van der Waals surface area contributed by atoms with Crippen LogP contribution in [0.5, 0.6) is 5.75 Å². The monoisotopic (exact) mass is 356 g/mol. The summed E-state index contributed by atoms with van der Waals surface area (Å²) in [7, 11) is 0. The molecule has 3 N–H and O–H groups in total. The summed E-state index contributed by atoms with van der Waals surface area (Å²) >= 11 is 0. The van der Waals surface area contributed by atoms with Crippen LogP contribution in [0, 0.1) is 13.8 Å². The van der Waals surface area contributed by atoms with Crippen molar-refractivity contribution in [3.63, 3.8) is 0 Å². The lowest BCUT2D eigenvalue weighted by Crippen LogP contribution is -3.28. The predicted octanol–water partition coefficient (Wildman–Crippen LogP) is 0.0267. The van der Waals surface area contributed by atoms with Crippen LogP contribution in [0.1, 0.15) is 16.7 Å². The van der Waals surface area contributed by atoms with E-state index in [-0.39, 0.29) is 0 Å². The summed E-state index contributed by atoms with van der Waals surface area (Å²) in [6, 6.07) is 16.9. The number of aliphatic hydroxyl groups excluding tert-OH is 1. The van der Waals surface area contributed by atoms with Gasteiger partial charge in [-0.1, -0.05) is 48.5 Å². The molecule has 0 spiro atoms. The topological polar surface area (TPSA) is 38.3 Å². The lowest BCUT2D eigenvalue weighted by atomic mass is 10.1. The van der Waals surface area contributed by atoms with Crippen molar-refractivity contribution in [2.75, 3.05) is 39.3 Å². The molecule has 1 fully saturated rings. The summed E-state index contributed by atoms with van der Waals surface area (Å²) in [6.45, 7) is 10.9. The first-order valence-electron chi connectivity index (χ1n) is 9.70. The zero-order valence-electron chi connectivity index (χ0n) is 16.0. The molecule has 2 aromatic carbocycles. The number of piperazine rings is 1. The molecule has 0 amide bonds. The largest absolute Gasteiger partial charge is 0.490 e. The molecule has 3 rings (SSSR count). The Morgan fingerprint density at radius 3 is 2.15 bits per heavy atom.